The molecule has 2 heterocycles. The third kappa shape index (κ3) is 3.99. The lowest BCUT2D eigenvalue weighted by molar-refractivity contribution is -0.306. The molecule has 3 aromatic rings. The van der Waals surface area contributed by atoms with E-state index in [9.17, 15) is 30.3 Å². The minimum Gasteiger partial charge on any atom is -0.508 e. The minimum atomic E-state index is -1.77. The Morgan fingerprint density at radius 3 is 2.32 bits per heavy atom. The van der Waals surface area contributed by atoms with Gasteiger partial charge in [0.15, 0.2) is 23.5 Å². The molecule has 0 aliphatic carbocycles. The van der Waals surface area contributed by atoms with E-state index in [4.69, 9.17) is 23.4 Å². The fraction of sp³-hybridized carbons (Fsp3) is 0.348. The number of aliphatic hydroxyl groups excluding tert-OH is 3. The molecule has 0 bridgehead atoms. The summed E-state index contributed by atoms with van der Waals surface area (Å²) in [5, 5.41) is 49.9. The van der Waals surface area contributed by atoms with Crippen LogP contribution in [0.3, 0.4) is 0 Å². The van der Waals surface area contributed by atoms with Crippen molar-refractivity contribution in [2.75, 3.05) is 14.2 Å². The first kappa shape index (κ1) is 23.6. The molecule has 1 aliphatic rings. The molecule has 1 fully saturated rings. The quantitative estimate of drug-likeness (QED) is 0.360. The van der Waals surface area contributed by atoms with E-state index in [-0.39, 0.29) is 22.5 Å². The molecule has 5 N–H and O–H groups in total. The predicted molar refractivity (Wildman–Crippen MR) is 117 cm³/mol. The Morgan fingerprint density at radius 1 is 0.941 bits per heavy atom. The van der Waals surface area contributed by atoms with Crippen molar-refractivity contribution in [3.05, 3.63) is 40.6 Å². The van der Waals surface area contributed by atoms with Gasteiger partial charge in [0.05, 0.1) is 20.3 Å². The van der Waals surface area contributed by atoms with E-state index in [2.05, 4.69) is 0 Å². The topological polar surface area (TPSA) is 168 Å². The highest BCUT2D eigenvalue weighted by molar-refractivity contribution is 5.88. The summed E-state index contributed by atoms with van der Waals surface area (Å²) in [6.45, 7) is 1.50. The average molecular weight is 476 g/mol. The van der Waals surface area contributed by atoms with E-state index in [0.717, 1.165) is 12.1 Å². The highest BCUT2D eigenvalue weighted by atomic mass is 16.7. The third-order valence-electron chi connectivity index (χ3n) is 5.68. The van der Waals surface area contributed by atoms with Crippen LogP contribution in [0, 0.1) is 5.92 Å². The van der Waals surface area contributed by atoms with E-state index < -0.39 is 47.6 Å². The summed E-state index contributed by atoms with van der Waals surface area (Å²) in [6, 6.07) is 6.80. The maximum atomic E-state index is 13.4. The van der Waals surface area contributed by atoms with E-state index >= 15 is 0 Å². The van der Waals surface area contributed by atoms with Crippen molar-refractivity contribution in [3.63, 3.8) is 0 Å². The van der Waals surface area contributed by atoms with Crippen molar-refractivity contribution in [1.82, 2.24) is 0 Å². The average Bonchev–Trinajstić information content (AvgIpc) is 2.81. The Kier molecular flexibility index (Phi) is 6.28. The number of phenolic OH excluding ortho intramolecular Hbond substituents is 2. The van der Waals surface area contributed by atoms with E-state index in [1.54, 1.807) is 12.1 Å². The van der Waals surface area contributed by atoms with Gasteiger partial charge in [-0.05, 0) is 18.2 Å². The van der Waals surface area contributed by atoms with Crippen LogP contribution in [0.15, 0.2) is 39.5 Å². The van der Waals surface area contributed by atoms with E-state index in [1.807, 2.05) is 0 Å². The zero-order valence-corrected chi connectivity index (χ0v) is 18.5. The molecule has 1 aliphatic heterocycles. The first-order valence-corrected chi connectivity index (χ1v) is 10.3. The fourth-order valence-electron chi connectivity index (χ4n) is 3.78. The number of fused-ring (bicyclic) bond motifs is 1. The van der Waals surface area contributed by atoms with Gasteiger partial charge in [0.25, 0.3) is 0 Å². The lowest BCUT2D eigenvalue weighted by atomic mass is 9.96. The molecule has 5 atom stereocenters. The summed E-state index contributed by atoms with van der Waals surface area (Å²) in [5.74, 6) is -1.49. The molecule has 182 valence electrons. The summed E-state index contributed by atoms with van der Waals surface area (Å²) in [4.78, 5) is 13.4. The van der Waals surface area contributed by atoms with Gasteiger partial charge in [0.1, 0.15) is 28.6 Å². The number of aromatic hydroxyl groups is 2. The molecule has 1 aromatic heterocycles. The Hall–Kier alpha value is -3.51. The van der Waals surface area contributed by atoms with Crippen LogP contribution in [0.25, 0.3) is 22.3 Å². The number of phenols is 2. The van der Waals surface area contributed by atoms with Crippen molar-refractivity contribution in [2.45, 2.75) is 31.7 Å². The van der Waals surface area contributed by atoms with Crippen molar-refractivity contribution in [1.29, 1.82) is 0 Å². The molecule has 34 heavy (non-hydrogen) atoms. The van der Waals surface area contributed by atoms with Crippen LogP contribution in [0.4, 0.5) is 0 Å². The van der Waals surface area contributed by atoms with Gasteiger partial charge in [-0.25, -0.2) is 0 Å². The van der Waals surface area contributed by atoms with Gasteiger partial charge < -0.3 is 48.9 Å². The third-order valence-corrected chi connectivity index (χ3v) is 5.68. The van der Waals surface area contributed by atoms with Gasteiger partial charge in [-0.15, -0.1) is 0 Å². The second-order valence-electron chi connectivity index (χ2n) is 7.85. The van der Waals surface area contributed by atoms with Crippen LogP contribution in [-0.2, 0) is 4.74 Å². The van der Waals surface area contributed by atoms with Crippen LogP contribution in [0.5, 0.6) is 28.7 Å². The zero-order valence-electron chi connectivity index (χ0n) is 18.5. The predicted octanol–water partition coefficient (Wildman–Crippen LogP) is 1.30. The van der Waals surface area contributed by atoms with E-state index in [1.165, 1.54) is 27.2 Å². The smallest absolute Gasteiger partial charge is 0.239 e. The molecule has 0 saturated carbocycles. The van der Waals surface area contributed by atoms with Gasteiger partial charge in [0, 0.05) is 23.6 Å². The second kappa shape index (κ2) is 9.03. The zero-order chi connectivity index (χ0) is 24.7. The van der Waals surface area contributed by atoms with Gasteiger partial charge >= 0.3 is 0 Å². The number of benzene rings is 2. The second-order valence-corrected chi connectivity index (χ2v) is 7.85. The van der Waals surface area contributed by atoms with Gasteiger partial charge in [-0.3, -0.25) is 4.79 Å². The summed E-state index contributed by atoms with van der Waals surface area (Å²) in [6.07, 6.45) is -6.10. The van der Waals surface area contributed by atoms with Crippen molar-refractivity contribution in [3.8, 4) is 40.1 Å². The maximum absolute atomic E-state index is 13.4. The Morgan fingerprint density at radius 2 is 1.65 bits per heavy atom. The summed E-state index contributed by atoms with van der Waals surface area (Å²) < 4.78 is 27.5. The molecular weight excluding hydrogens is 452 g/mol. The highest BCUT2D eigenvalue weighted by Gasteiger charge is 2.43. The van der Waals surface area contributed by atoms with Crippen molar-refractivity contribution in [2.24, 2.45) is 5.92 Å². The number of hydrogen-bond donors (Lipinski definition) is 5. The lowest BCUT2D eigenvalue weighted by Gasteiger charge is -2.38. The Balaban J connectivity index is 1.92. The first-order valence-electron chi connectivity index (χ1n) is 10.3. The summed E-state index contributed by atoms with van der Waals surface area (Å²) in [7, 11) is 2.89. The molecule has 4 rings (SSSR count). The molecular formula is C23H24O11. The molecule has 11 nitrogen and oxygen atoms in total. The van der Waals surface area contributed by atoms with Crippen LogP contribution in [-0.4, -0.2) is 64.5 Å². The molecule has 0 unspecified atom stereocenters. The standard InChI is InChI=1S/C23H24O11/c1-9-17(26)19(28)22(29)34-23(9)33-21-18(27)16-12(25)7-11(24)8-15(16)32-20(21)10-4-5-13(30-2)14(6-10)31-3/h4-9,17,19,22-26,28-29H,1-3H3/t9-,17+,19-,22-,23-/m1/s1. The Labute approximate surface area is 192 Å². The van der Waals surface area contributed by atoms with Crippen LogP contribution in [0.2, 0.25) is 0 Å². The normalized spacial score (nSPS) is 24.7. The van der Waals surface area contributed by atoms with Crippen LogP contribution in [0.1, 0.15) is 6.92 Å². The maximum Gasteiger partial charge on any atom is 0.239 e. The van der Waals surface area contributed by atoms with Crippen molar-refractivity contribution < 1.29 is 48.9 Å². The van der Waals surface area contributed by atoms with Gasteiger partial charge in [-0.2, -0.15) is 0 Å². The molecule has 2 aromatic carbocycles. The number of ether oxygens (including phenoxy) is 4. The number of aliphatic hydroxyl groups is 3. The summed E-state index contributed by atoms with van der Waals surface area (Å²) in [5.41, 5.74) is -0.596. The van der Waals surface area contributed by atoms with Gasteiger partial charge in [0.2, 0.25) is 17.5 Å². The SMILES string of the molecule is COc1ccc(-c2oc3cc(O)cc(O)c3c(=O)c2O[C@@H]2O[C@@H](O)[C@H](O)[C@@H](O)[C@H]2C)cc1OC. The highest BCUT2D eigenvalue weighted by Crippen LogP contribution is 2.40. The fourth-order valence-corrected chi connectivity index (χ4v) is 3.78. The van der Waals surface area contributed by atoms with Crippen LogP contribution < -0.4 is 19.6 Å². The monoisotopic (exact) mass is 476 g/mol. The number of rotatable bonds is 5. The van der Waals surface area contributed by atoms with Crippen LogP contribution >= 0.6 is 0 Å². The summed E-state index contributed by atoms with van der Waals surface area (Å²) >= 11 is 0. The number of hydrogen-bond acceptors (Lipinski definition) is 11. The van der Waals surface area contributed by atoms with E-state index in [0.29, 0.717) is 17.1 Å². The number of methoxy groups -OCH3 is 2. The first-order chi connectivity index (χ1) is 16.2. The Bertz CT molecular complexity index is 1270. The molecule has 1 saturated heterocycles. The molecule has 11 heteroatoms. The molecule has 0 radical (unpaired) electrons. The van der Waals surface area contributed by atoms with Crippen molar-refractivity contribution >= 4 is 11.0 Å². The lowest BCUT2D eigenvalue weighted by Crippen LogP contribution is -2.55. The van der Waals surface area contributed by atoms with Gasteiger partial charge in [-0.1, -0.05) is 6.92 Å². The molecule has 0 amide bonds. The largest absolute Gasteiger partial charge is 0.508 e. The molecule has 0 spiro atoms. The minimum absolute atomic E-state index is 0.102.